The summed E-state index contributed by atoms with van der Waals surface area (Å²) in [6.07, 6.45) is 0.921. The van der Waals surface area contributed by atoms with Crippen LogP contribution in [0.1, 0.15) is 25.3 Å². The van der Waals surface area contributed by atoms with E-state index in [0.717, 1.165) is 6.54 Å². The van der Waals surface area contributed by atoms with Gasteiger partial charge in [0.2, 0.25) is 0 Å². The zero-order chi connectivity index (χ0) is 19.5. The van der Waals surface area contributed by atoms with Crippen LogP contribution in [0.3, 0.4) is 0 Å². The van der Waals surface area contributed by atoms with Gasteiger partial charge in [-0.15, -0.1) is 0 Å². The van der Waals surface area contributed by atoms with Gasteiger partial charge in [0.25, 0.3) is 0 Å². The molecule has 0 aliphatic carbocycles. The molecule has 139 valence electrons. The Morgan fingerprint density at radius 1 is 1.04 bits per heavy atom. The van der Waals surface area contributed by atoms with Crippen LogP contribution in [0.4, 0.5) is 0 Å². The monoisotopic (exact) mass is 350 g/mol. The lowest BCUT2D eigenvalue weighted by Crippen LogP contribution is -2.60. The van der Waals surface area contributed by atoms with Crippen molar-refractivity contribution in [2.45, 2.75) is 31.8 Å². The molecule has 1 aromatic rings. The predicted molar refractivity (Wildman–Crippen MR) is 83.9 cm³/mol. The van der Waals surface area contributed by atoms with E-state index >= 15 is 0 Å². The fourth-order valence-electron chi connectivity index (χ4n) is 2.16. The largest absolute Gasteiger partial charge is 0.548 e. The smallest absolute Gasteiger partial charge is 0.0870 e. The molecule has 0 amide bonds. The SMILES string of the molecule is NC1(C(=O)[O-])CCN(Cc2ccccc2)CC1.O=C([O-])C(=O)[O-].[CH2]C. The maximum atomic E-state index is 10.9. The number of benzene rings is 1. The van der Waals surface area contributed by atoms with E-state index in [2.05, 4.69) is 24.0 Å². The second-order valence-corrected chi connectivity index (χ2v) is 5.28. The molecule has 1 saturated heterocycles. The van der Waals surface area contributed by atoms with Crippen molar-refractivity contribution in [3.05, 3.63) is 42.8 Å². The van der Waals surface area contributed by atoms with Gasteiger partial charge in [-0.05, 0) is 18.4 Å². The average molecular weight is 350 g/mol. The number of hydrogen-bond donors (Lipinski definition) is 1. The minimum Gasteiger partial charge on any atom is -0.548 e. The molecule has 8 nitrogen and oxygen atoms in total. The Morgan fingerprint density at radius 2 is 1.48 bits per heavy atom. The molecular formula is C17H22N2O6-3. The van der Waals surface area contributed by atoms with Crippen LogP contribution in [-0.2, 0) is 20.9 Å². The van der Waals surface area contributed by atoms with Crippen LogP contribution in [0.25, 0.3) is 0 Å². The van der Waals surface area contributed by atoms with Crippen molar-refractivity contribution in [2.75, 3.05) is 13.1 Å². The molecule has 2 N–H and O–H groups in total. The van der Waals surface area contributed by atoms with E-state index in [0.29, 0.717) is 25.9 Å². The van der Waals surface area contributed by atoms with Gasteiger partial charge in [0, 0.05) is 19.6 Å². The molecular weight excluding hydrogens is 328 g/mol. The van der Waals surface area contributed by atoms with E-state index < -0.39 is 23.4 Å². The van der Waals surface area contributed by atoms with Gasteiger partial charge in [0.05, 0.1) is 23.4 Å². The summed E-state index contributed by atoms with van der Waals surface area (Å²) in [7, 11) is 0. The van der Waals surface area contributed by atoms with E-state index in [4.69, 9.17) is 25.5 Å². The molecule has 2 rings (SSSR count). The first-order chi connectivity index (χ1) is 11.7. The van der Waals surface area contributed by atoms with Crippen molar-refractivity contribution in [1.29, 1.82) is 0 Å². The molecule has 1 aromatic carbocycles. The van der Waals surface area contributed by atoms with Crippen LogP contribution in [0.5, 0.6) is 0 Å². The highest BCUT2D eigenvalue weighted by Crippen LogP contribution is 2.20. The lowest BCUT2D eigenvalue weighted by molar-refractivity contribution is -0.345. The molecule has 1 aliphatic heterocycles. The third kappa shape index (κ3) is 8.27. The molecule has 25 heavy (non-hydrogen) atoms. The van der Waals surface area contributed by atoms with E-state index in [1.54, 1.807) is 6.92 Å². The Morgan fingerprint density at radius 3 is 1.84 bits per heavy atom. The van der Waals surface area contributed by atoms with E-state index in [1.165, 1.54) is 5.56 Å². The number of carbonyl (C=O) groups excluding carboxylic acids is 3. The highest BCUT2D eigenvalue weighted by Gasteiger charge is 2.31. The van der Waals surface area contributed by atoms with Gasteiger partial charge in [0.1, 0.15) is 0 Å². The van der Waals surface area contributed by atoms with E-state index in [1.807, 2.05) is 18.2 Å². The molecule has 0 saturated carbocycles. The van der Waals surface area contributed by atoms with Gasteiger partial charge in [-0.1, -0.05) is 44.2 Å². The molecule has 8 heteroatoms. The number of aliphatic carboxylic acids is 3. The highest BCUT2D eigenvalue weighted by molar-refractivity contribution is 6.25. The summed E-state index contributed by atoms with van der Waals surface area (Å²) in [5.74, 6) is -5.50. The number of nitrogens with two attached hydrogens (primary N) is 1. The molecule has 1 aliphatic rings. The maximum Gasteiger partial charge on any atom is 0.0870 e. The first kappa shape index (κ1) is 22.6. The first-order valence-electron chi connectivity index (χ1n) is 7.64. The van der Waals surface area contributed by atoms with Crippen molar-refractivity contribution < 1.29 is 29.7 Å². The van der Waals surface area contributed by atoms with Crippen molar-refractivity contribution in [3.63, 3.8) is 0 Å². The topological polar surface area (TPSA) is 150 Å². The zero-order valence-corrected chi connectivity index (χ0v) is 14.1. The minimum absolute atomic E-state index is 0.460. The summed E-state index contributed by atoms with van der Waals surface area (Å²) in [4.78, 5) is 31.0. The van der Waals surface area contributed by atoms with E-state index in [-0.39, 0.29) is 0 Å². The average Bonchev–Trinajstić information content (AvgIpc) is 2.60. The van der Waals surface area contributed by atoms with Gasteiger partial charge in [0.15, 0.2) is 0 Å². The highest BCUT2D eigenvalue weighted by atomic mass is 16.4. The fraction of sp³-hybridized carbons (Fsp3) is 0.412. The molecule has 1 heterocycles. The van der Waals surface area contributed by atoms with Gasteiger partial charge in [-0.2, -0.15) is 0 Å². The van der Waals surface area contributed by atoms with Gasteiger partial charge in [-0.25, -0.2) is 0 Å². The molecule has 0 aromatic heterocycles. The lowest BCUT2D eigenvalue weighted by atomic mass is 9.88. The molecule has 0 unspecified atom stereocenters. The summed E-state index contributed by atoms with van der Waals surface area (Å²) >= 11 is 0. The summed E-state index contributed by atoms with van der Waals surface area (Å²) in [6, 6.07) is 10.1. The van der Waals surface area contributed by atoms with E-state index in [9.17, 15) is 9.90 Å². The molecule has 0 atom stereocenters. The second kappa shape index (κ2) is 11.2. The molecule has 0 bridgehead atoms. The zero-order valence-electron chi connectivity index (χ0n) is 14.1. The van der Waals surface area contributed by atoms with Gasteiger partial charge >= 0.3 is 0 Å². The van der Waals surface area contributed by atoms with Crippen LogP contribution >= 0.6 is 0 Å². The Hall–Kier alpha value is -2.45. The predicted octanol–water partition coefficient (Wildman–Crippen LogP) is -2.94. The maximum absolute atomic E-state index is 10.9. The van der Waals surface area contributed by atoms with Crippen molar-refractivity contribution in [3.8, 4) is 0 Å². The van der Waals surface area contributed by atoms with Gasteiger partial charge in [-0.3, -0.25) is 4.90 Å². The number of carbonyl (C=O) groups is 3. The minimum atomic E-state index is -2.19. The quantitative estimate of drug-likeness (QED) is 0.569. The summed E-state index contributed by atoms with van der Waals surface area (Å²) in [5.41, 5.74) is 5.88. The van der Waals surface area contributed by atoms with Crippen molar-refractivity contribution >= 4 is 17.9 Å². The van der Waals surface area contributed by atoms with Crippen LogP contribution in [0.15, 0.2) is 30.3 Å². The fourth-order valence-corrected chi connectivity index (χ4v) is 2.16. The summed E-state index contributed by atoms with van der Waals surface area (Å²) < 4.78 is 0. The number of carboxylic acid groups (broad SMARTS) is 3. The third-order valence-electron chi connectivity index (χ3n) is 3.57. The van der Waals surface area contributed by atoms with Crippen molar-refractivity contribution in [1.82, 2.24) is 4.90 Å². The number of nitrogens with zero attached hydrogens (tertiary/aromatic N) is 1. The molecule has 1 fully saturated rings. The van der Waals surface area contributed by atoms with Gasteiger partial charge < -0.3 is 35.4 Å². The number of likely N-dealkylation sites (tertiary alicyclic amines) is 1. The van der Waals surface area contributed by atoms with Crippen LogP contribution in [-0.4, -0.2) is 41.4 Å². The summed E-state index contributed by atoms with van der Waals surface area (Å²) in [6.45, 7) is 7.27. The van der Waals surface area contributed by atoms with Crippen molar-refractivity contribution in [2.24, 2.45) is 5.73 Å². The number of carboxylic acids is 3. The van der Waals surface area contributed by atoms with Crippen LogP contribution < -0.4 is 21.1 Å². The number of piperidine rings is 1. The lowest BCUT2D eigenvalue weighted by Gasteiger charge is -2.39. The van der Waals surface area contributed by atoms with Crippen LogP contribution in [0.2, 0.25) is 0 Å². The summed E-state index contributed by atoms with van der Waals surface area (Å²) in [5, 5.41) is 28.7. The van der Waals surface area contributed by atoms with Crippen LogP contribution in [0, 0.1) is 6.92 Å². The first-order valence-corrected chi connectivity index (χ1v) is 7.64. The Labute approximate surface area is 146 Å². The second-order valence-electron chi connectivity index (χ2n) is 5.28. The standard InChI is InChI=1S/C13H18N2O2.C2H2O4.C2H5/c14-13(12(16)17)6-8-15(9-7-13)10-11-4-2-1-3-5-11;3-1(4)2(5)6;1-2/h1-5H,6-10,14H2,(H,16,17);(H,3,4)(H,5,6);1H2,2H3/p-3. The normalized spacial score (nSPS) is 15.6. The number of rotatable bonds is 3. The number of hydrogen-bond acceptors (Lipinski definition) is 8. The Bertz CT molecular complexity index is 542. The Kier molecular flexibility index (Phi) is 10.1. The molecule has 1 radical (unpaired) electrons. The third-order valence-corrected chi connectivity index (χ3v) is 3.57. The Balaban J connectivity index is 0.000000614. The molecule has 0 spiro atoms.